The summed E-state index contributed by atoms with van der Waals surface area (Å²) in [5.74, 6) is 5.53. The van der Waals surface area contributed by atoms with Gasteiger partial charge in [-0.05, 0) is 45.4 Å². The van der Waals surface area contributed by atoms with Crippen molar-refractivity contribution in [3.8, 4) is 11.8 Å². The van der Waals surface area contributed by atoms with E-state index in [9.17, 15) is 14.4 Å². The van der Waals surface area contributed by atoms with E-state index in [1.807, 2.05) is 19.1 Å². The van der Waals surface area contributed by atoms with Gasteiger partial charge in [-0.25, -0.2) is 9.59 Å². The van der Waals surface area contributed by atoms with Crippen LogP contribution in [0.3, 0.4) is 0 Å². The summed E-state index contributed by atoms with van der Waals surface area (Å²) >= 11 is 0. The molecule has 4 amide bonds. The van der Waals surface area contributed by atoms with Gasteiger partial charge in [0.25, 0.3) is 0 Å². The zero-order valence-corrected chi connectivity index (χ0v) is 15.4. The van der Waals surface area contributed by atoms with E-state index < -0.39 is 17.7 Å². The molecule has 0 unspecified atom stereocenters. The molecule has 1 aromatic carbocycles. The molecule has 7 nitrogen and oxygen atoms in total. The number of rotatable bonds is 2. The SMILES string of the molecule is Cc1ccc(C#CCNC(=O)OC(C)(C)C)cc1N1CCC(=O)NC1=O. The van der Waals surface area contributed by atoms with Crippen LogP contribution >= 0.6 is 0 Å². The van der Waals surface area contributed by atoms with Crippen LogP contribution in [0.2, 0.25) is 0 Å². The van der Waals surface area contributed by atoms with E-state index in [1.165, 1.54) is 4.90 Å². The number of benzene rings is 1. The van der Waals surface area contributed by atoms with Gasteiger partial charge in [0.05, 0.1) is 6.54 Å². The number of anilines is 1. The highest BCUT2D eigenvalue weighted by Gasteiger charge is 2.25. The van der Waals surface area contributed by atoms with E-state index in [1.54, 1.807) is 26.8 Å². The molecule has 0 radical (unpaired) electrons. The maximum absolute atomic E-state index is 12.0. The molecule has 2 N–H and O–H groups in total. The number of amides is 4. The molecule has 0 saturated carbocycles. The average molecular weight is 357 g/mol. The Labute approximate surface area is 153 Å². The van der Waals surface area contributed by atoms with Crippen LogP contribution in [0.15, 0.2) is 18.2 Å². The summed E-state index contributed by atoms with van der Waals surface area (Å²) in [6.45, 7) is 7.74. The van der Waals surface area contributed by atoms with Crippen LogP contribution in [0.1, 0.15) is 38.3 Å². The first-order valence-corrected chi connectivity index (χ1v) is 8.33. The molecule has 0 spiro atoms. The van der Waals surface area contributed by atoms with Crippen molar-refractivity contribution in [1.29, 1.82) is 0 Å². The van der Waals surface area contributed by atoms with Crippen LogP contribution in [0, 0.1) is 18.8 Å². The highest BCUT2D eigenvalue weighted by molar-refractivity contribution is 6.06. The van der Waals surface area contributed by atoms with E-state index in [4.69, 9.17) is 4.74 Å². The Morgan fingerprint density at radius 3 is 2.73 bits per heavy atom. The largest absolute Gasteiger partial charge is 0.444 e. The predicted molar refractivity (Wildman–Crippen MR) is 97.8 cm³/mol. The lowest BCUT2D eigenvalue weighted by molar-refractivity contribution is -0.120. The standard InChI is InChI=1S/C19H23N3O4/c1-13-7-8-14(6-5-10-20-18(25)26-19(2,3)4)12-15(13)22-11-9-16(23)21-17(22)24/h7-8,12H,9-11H2,1-4H3,(H,20,25)(H,21,23,24). The van der Waals surface area contributed by atoms with Crippen molar-refractivity contribution < 1.29 is 19.1 Å². The second-order valence-corrected chi connectivity index (χ2v) is 6.91. The Morgan fingerprint density at radius 1 is 1.35 bits per heavy atom. The maximum atomic E-state index is 12.0. The van der Waals surface area contributed by atoms with Gasteiger partial charge >= 0.3 is 12.1 Å². The highest BCUT2D eigenvalue weighted by Crippen LogP contribution is 2.23. The summed E-state index contributed by atoms with van der Waals surface area (Å²) in [6.07, 6.45) is -0.257. The molecule has 26 heavy (non-hydrogen) atoms. The van der Waals surface area contributed by atoms with Crippen molar-refractivity contribution in [2.24, 2.45) is 0 Å². The van der Waals surface area contributed by atoms with E-state index in [0.29, 0.717) is 17.8 Å². The second-order valence-electron chi connectivity index (χ2n) is 6.91. The van der Waals surface area contributed by atoms with Gasteiger partial charge in [-0.1, -0.05) is 17.9 Å². The lowest BCUT2D eigenvalue weighted by atomic mass is 10.1. The molecule has 0 bridgehead atoms. The van der Waals surface area contributed by atoms with Gasteiger partial charge < -0.3 is 10.1 Å². The van der Waals surface area contributed by atoms with Gasteiger partial charge in [-0.15, -0.1) is 0 Å². The quantitative estimate of drug-likeness (QED) is 0.795. The van der Waals surface area contributed by atoms with Crippen molar-refractivity contribution in [3.05, 3.63) is 29.3 Å². The lowest BCUT2D eigenvalue weighted by Crippen LogP contribution is -2.49. The predicted octanol–water partition coefficient (Wildman–Crippen LogP) is 2.32. The van der Waals surface area contributed by atoms with Crippen LogP contribution in [0.4, 0.5) is 15.3 Å². The molecule has 0 aromatic heterocycles. The lowest BCUT2D eigenvalue weighted by Gasteiger charge is -2.28. The summed E-state index contributed by atoms with van der Waals surface area (Å²) in [7, 11) is 0. The molecular weight excluding hydrogens is 334 g/mol. The first-order chi connectivity index (χ1) is 12.2. The normalized spacial score (nSPS) is 14.2. The third-order valence-electron chi connectivity index (χ3n) is 3.51. The zero-order chi connectivity index (χ0) is 19.3. The molecule has 138 valence electrons. The van der Waals surface area contributed by atoms with Gasteiger partial charge in [0.15, 0.2) is 0 Å². The van der Waals surface area contributed by atoms with Crippen LogP contribution in [-0.4, -0.2) is 36.7 Å². The third kappa shape index (κ3) is 5.52. The molecular formula is C19H23N3O4. The number of carbonyl (C=O) groups is 3. The van der Waals surface area contributed by atoms with E-state index in [2.05, 4.69) is 22.5 Å². The van der Waals surface area contributed by atoms with Crippen LogP contribution in [-0.2, 0) is 9.53 Å². The van der Waals surface area contributed by atoms with Crippen molar-refractivity contribution in [3.63, 3.8) is 0 Å². The number of hydrogen-bond acceptors (Lipinski definition) is 4. The zero-order valence-electron chi connectivity index (χ0n) is 15.4. The number of carbonyl (C=O) groups excluding carboxylic acids is 3. The molecule has 1 saturated heterocycles. The Kier molecular flexibility index (Phi) is 5.88. The van der Waals surface area contributed by atoms with E-state index in [0.717, 1.165) is 5.56 Å². The molecule has 0 aliphatic carbocycles. The molecule has 1 aliphatic rings. The number of urea groups is 1. The minimum absolute atomic E-state index is 0.150. The number of ether oxygens (including phenoxy) is 1. The molecule has 1 aliphatic heterocycles. The summed E-state index contributed by atoms with van der Waals surface area (Å²) in [5.41, 5.74) is 1.77. The van der Waals surface area contributed by atoms with Crippen LogP contribution < -0.4 is 15.5 Å². The Morgan fingerprint density at radius 2 is 2.08 bits per heavy atom. The van der Waals surface area contributed by atoms with Gasteiger partial charge in [-0.2, -0.15) is 0 Å². The van der Waals surface area contributed by atoms with Gasteiger partial charge in [-0.3, -0.25) is 15.0 Å². The Balaban J connectivity index is 2.03. The van der Waals surface area contributed by atoms with E-state index >= 15 is 0 Å². The van der Waals surface area contributed by atoms with Gasteiger partial charge in [0, 0.05) is 24.2 Å². The molecule has 7 heteroatoms. The molecule has 0 atom stereocenters. The van der Waals surface area contributed by atoms with Crippen molar-refractivity contribution in [1.82, 2.24) is 10.6 Å². The second kappa shape index (κ2) is 7.91. The number of nitrogens with zero attached hydrogens (tertiary/aromatic N) is 1. The Hall–Kier alpha value is -3.01. The highest BCUT2D eigenvalue weighted by atomic mass is 16.6. The monoisotopic (exact) mass is 357 g/mol. The molecule has 2 rings (SSSR count). The molecule has 1 heterocycles. The fourth-order valence-electron chi connectivity index (χ4n) is 2.35. The molecule has 1 fully saturated rings. The number of nitrogens with one attached hydrogen (secondary N) is 2. The van der Waals surface area contributed by atoms with Crippen LogP contribution in [0.25, 0.3) is 0 Å². The average Bonchev–Trinajstić information content (AvgIpc) is 2.52. The fraction of sp³-hybridized carbons (Fsp3) is 0.421. The topological polar surface area (TPSA) is 87.7 Å². The minimum Gasteiger partial charge on any atom is -0.444 e. The first-order valence-electron chi connectivity index (χ1n) is 8.33. The number of aryl methyl sites for hydroxylation is 1. The summed E-state index contributed by atoms with van der Waals surface area (Å²) in [4.78, 5) is 36.4. The van der Waals surface area contributed by atoms with Crippen molar-refractivity contribution in [2.45, 2.75) is 39.7 Å². The maximum Gasteiger partial charge on any atom is 0.408 e. The number of imide groups is 1. The summed E-state index contributed by atoms with van der Waals surface area (Å²) in [5, 5.41) is 4.87. The first kappa shape index (κ1) is 19.3. The summed E-state index contributed by atoms with van der Waals surface area (Å²) < 4.78 is 5.13. The Bertz CT molecular complexity index is 784. The van der Waals surface area contributed by atoms with Gasteiger partial charge in [0.1, 0.15) is 5.60 Å². The van der Waals surface area contributed by atoms with Crippen molar-refractivity contribution in [2.75, 3.05) is 18.0 Å². The smallest absolute Gasteiger partial charge is 0.408 e. The third-order valence-corrected chi connectivity index (χ3v) is 3.51. The number of alkyl carbamates (subject to hydrolysis) is 1. The van der Waals surface area contributed by atoms with E-state index in [-0.39, 0.29) is 18.9 Å². The van der Waals surface area contributed by atoms with Crippen molar-refractivity contribution >= 4 is 23.7 Å². The molecule has 1 aromatic rings. The van der Waals surface area contributed by atoms with Gasteiger partial charge in [0.2, 0.25) is 5.91 Å². The summed E-state index contributed by atoms with van der Waals surface area (Å²) in [6, 6.07) is 5.07. The van der Waals surface area contributed by atoms with Crippen LogP contribution in [0.5, 0.6) is 0 Å². The minimum atomic E-state index is -0.556. The fourth-order valence-corrected chi connectivity index (χ4v) is 2.35. The number of hydrogen-bond donors (Lipinski definition) is 2.